The summed E-state index contributed by atoms with van der Waals surface area (Å²) in [6.45, 7) is 0.265. The van der Waals surface area contributed by atoms with Crippen LogP contribution < -0.4 is 16.5 Å². The van der Waals surface area contributed by atoms with E-state index < -0.39 is 5.69 Å². The summed E-state index contributed by atoms with van der Waals surface area (Å²) in [7, 11) is 1.57. The molecule has 0 aliphatic rings. The van der Waals surface area contributed by atoms with Crippen molar-refractivity contribution in [3.8, 4) is 23.7 Å². The predicted molar refractivity (Wildman–Crippen MR) is 83.2 cm³/mol. The molecule has 2 N–H and O–H groups in total. The lowest BCUT2D eigenvalue weighted by atomic mass is 10.2. The third kappa shape index (κ3) is 3.52. The van der Waals surface area contributed by atoms with Crippen LogP contribution in [0.15, 0.2) is 23.0 Å². The summed E-state index contributed by atoms with van der Waals surface area (Å²) in [4.78, 5) is 19.9. The lowest BCUT2D eigenvalue weighted by Gasteiger charge is -2.10. The van der Waals surface area contributed by atoms with Gasteiger partial charge in [0.25, 0.3) is 0 Å². The molecule has 0 radical (unpaired) electrons. The topological polar surface area (TPSA) is 71.8 Å². The molecule has 0 saturated heterocycles. The number of hydrogen-bond acceptors (Lipinski definition) is 5. The quantitative estimate of drug-likeness (QED) is 0.509. The molecule has 0 saturated carbocycles. The van der Waals surface area contributed by atoms with E-state index >= 15 is 0 Å². The first-order chi connectivity index (χ1) is 10.0. The molecule has 1 aromatic carbocycles. The van der Waals surface area contributed by atoms with Crippen LogP contribution in [-0.2, 0) is 7.05 Å². The number of nitrogens with one attached hydrogen (secondary N) is 2. The third-order valence-corrected chi connectivity index (χ3v) is 3.33. The van der Waals surface area contributed by atoms with Gasteiger partial charge in [0.15, 0.2) is 0 Å². The van der Waals surface area contributed by atoms with E-state index in [2.05, 4.69) is 26.7 Å². The maximum atomic E-state index is 11.9. The summed E-state index contributed by atoms with van der Waals surface area (Å²) in [6, 6.07) is 4.98. The number of nitrogens with zero attached hydrogens (tertiary/aromatic N) is 3. The largest absolute Gasteiger partial charge is 0.352 e. The van der Waals surface area contributed by atoms with Crippen molar-refractivity contribution < 1.29 is 0 Å². The Hall–Kier alpha value is -2.07. The normalized spacial score (nSPS) is 10.2. The van der Waals surface area contributed by atoms with Gasteiger partial charge in [-0.25, -0.2) is 10.2 Å². The van der Waals surface area contributed by atoms with Crippen LogP contribution in [0.4, 0.5) is 5.95 Å². The van der Waals surface area contributed by atoms with Gasteiger partial charge in [0.2, 0.25) is 5.95 Å². The highest BCUT2D eigenvalue weighted by Crippen LogP contribution is 2.27. The first-order valence-electron chi connectivity index (χ1n) is 5.85. The van der Waals surface area contributed by atoms with Gasteiger partial charge in [-0.2, -0.15) is 9.97 Å². The molecule has 0 bridgehead atoms. The van der Waals surface area contributed by atoms with Crippen molar-refractivity contribution in [2.75, 3.05) is 12.0 Å². The van der Waals surface area contributed by atoms with E-state index in [0.717, 1.165) is 0 Å². The Labute approximate surface area is 131 Å². The van der Waals surface area contributed by atoms with Crippen LogP contribution in [-0.4, -0.2) is 21.1 Å². The Kier molecular flexibility index (Phi) is 4.81. The van der Waals surface area contributed by atoms with Crippen molar-refractivity contribution in [1.82, 2.24) is 20.0 Å². The molecule has 0 atom stereocenters. The van der Waals surface area contributed by atoms with Crippen LogP contribution in [0, 0.1) is 12.3 Å². The molecule has 0 spiro atoms. The summed E-state index contributed by atoms with van der Waals surface area (Å²) in [5, 5.41) is 0.800. The van der Waals surface area contributed by atoms with E-state index in [1.807, 2.05) is 0 Å². The lowest BCUT2D eigenvalue weighted by Crippen LogP contribution is -2.29. The van der Waals surface area contributed by atoms with Crippen LogP contribution in [0.3, 0.4) is 0 Å². The van der Waals surface area contributed by atoms with Crippen molar-refractivity contribution >= 4 is 29.2 Å². The second-order valence-corrected chi connectivity index (χ2v) is 4.84. The summed E-state index contributed by atoms with van der Waals surface area (Å²) in [5.74, 6) is 2.90. The average Bonchev–Trinajstić information content (AvgIpc) is 2.46. The van der Waals surface area contributed by atoms with Gasteiger partial charge in [-0.1, -0.05) is 29.1 Å². The molecule has 0 fully saturated rings. The van der Waals surface area contributed by atoms with Gasteiger partial charge in [-0.05, 0) is 18.2 Å². The highest BCUT2D eigenvalue weighted by atomic mass is 35.5. The summed E-state index contributed by atoms with van der Waals surface area (Å²) < 4.78 is 1.31. The molecule has 1 aromatic heterocycles. The lowest BCUT2D eigenvalue weighted by molar-refractivity contribution is 0.770. The molecular formula is C13H11Cl2N5O. The van der Waals surface area contributed by atoms with Gasteiger partial charge >= 0.3 is 5.69 Å². The zero-order valence-corrected chi connectivity index (χ0v) is 12.5. The zero-order chi connectivity index (χ0) is 15.4. The molecule has 21 heavy (non-hydrogen) atoms. The molecule has 108 valence electrons. The van der Waals surface area contributed by atoms with Gasteiger partial charge in [-0.15, -0.1) is 6.42 Å². The van der Waals surface area contributed by atoms with E-state index in [1.165, 1.54) is 4.57 Å². The standard InChI is InChI=1S/C13H11Cl2N5O/c1-3-6-16-19-12-17-11(20(2)13(21)18-12)8-4-5-9(14)10(15)7-8/h1,4-5,7,16H,6H2,2H3,(H,18,19,21). The average molecular weight is 324 g/mol. The Bertz CT molecular complexity index is 766. The Morgan fingerprint density at radius 3 is 2.76 bits per heavy atom. The number of benzene rings is 1. The van der Waals surface area contributed by atoms with Crippen molar-refractivity contribution in [2.45, 2.75) is 0 Å². The van der Waals surface area contributed by atoms with Crippen molar-refractivity contribution in [1.29, 1.82) is 0 Å². The fourth-order valence-corrected chi connectivity index (χ4v) is 1.88. The van der Waals surface area contributed by atoms with Gasteiger partial charge in [-0.3, -0.25) is 9.99 Å². The fraction of sp³-hybridized carbons (Fsp3) is 0.154. The molecule has 8 heteroatoms. The summed E-state index contributed by atoms with van der Waals surface area (Å²) in [5.41, 5.74) is 5.54. The van der Waals surface area contributed by atoms with Crippen molar-refractivity contribution in [2.24, 2.45) is 7.05 Å². The summed E-state index contributed by atoms with van der Waals surface area (Å²) in [6.07, 6.45) is 5.11. The minimum Gasteiger partial charge on any atom is -0.289 e. The molecule has 0 aliphatic carbocycles. The highest BCUT2D eigenvalue weighted by Gasteiger charge is 2.10. The Morgan fingerprint density at radius 2 is 2.10 bits per heavy atom. The van der Waals surface area contributed by atoms with Crippen LogP contribution in [0.2, 0.25) is 10.0 Å². The van der Waals surface area contributed by atoms with Crippen LogP contribution in [0.25, 0.3) is 11.4 Å². The van der Waals surface area contributed by atoms with Gasteiger partial charge in [0.05, 0.1) is 16.6 Å². The van der Waals surface area contributed by atoms with Crippen LogP contribution in [0.5, 0.6) is 0 Å². The molecule has 0 unspecified atom stereocenters. The number of halogens is 2. The maximum Gasteiger partial charge on any atom is 0.352 e. The number of hydrogen-bond donors (Lipinski definition) is 2. The Balaban J connectivity index is 2.44. The van der Waals surface area contributed by atoms with Crippen LogP contribution >= 0.6 is 23.2 Å². The number of hydrazine groups is 1. The van der Waals surface area contributed by atoms with Gasteiger partial charge in [0, 0.05) is 12.6 Å². The minimum absolute atomic E-state index is 0.120. The third-order valence-electron chi connectivity index (χ3n) is 2.59. The molecule has 6 nitrogen and oxygen atoms in total. The van der Waals surface area contributed by atoms with Gasteiger partial charge < -0.3 is 0 Å². The minimum atomic E-state index is -0.462. The molecule has 1 heterocycles. The van der Waals surface area contributed by atoms with E-state index in [-0.39, 0.29) is 12.5 Å². The molecule has 0 amide bonds. The number of terminal acetylenes is 1. The monoisotopic (exact) mass is 323 g/mol. The van der Waals surface area contributed by atoms with E-state index in [4.69, 9.17) is 29.6 Å². The molecular weight excluding hydrogens is 313 g/mol. The van der Waals surface area contributed by atoms with E-state index in [1.54, 1.807) is 25.2 Å². The first-order valence-corrected chi connectivity index (χ1v) is 6.61. The second kappa shape index (κ2) is 6.59. The number of anilines is 1. The van der Waals surface area contributed by atoms with Crippen LogP contribution in [0.1, 0.15) is 0 Å². The number of rotatable bonds is 4. The first kappa shape index (κ1) is 15.3. The van der Waals surface area contributed by atoms with E-state index in [9.17, 15) is 4.79 Å². The second-order valence-electron chi connectivity index (χ2n) is 4.02. The molecule has 0 aliphatic heterocycles. The van der Waals surface area contributed by atoms with Crippen molar-refractivity contribution in [3.05, 3.63) is 38.7 Å². The van der Waals surface area contributed by atoms with Gasteiger partial charge in [0.1, 0.15) is 5.82 Å². The van der Waals surface area contributed by atoms with E-state index in [0.29, 0.717) is 21.4 Å². The van der Waals surface area contributed by atoms with Crippen molar-refractivity contribution in [3.63, 3.8) is 0 Å². The molecule has 2 rings (SSSR count). The smallest absolute Gasteiger partial charge is 0.289 e. The highest BCUT2D eigenvalue weighted by molar-refractivity contribution is 6.42. The molecule has 2 aromatic rings. The fourth-order valence-electron chi connectivity index (χ4n) is 1.58. The Morgan fingerprint density at radius 1 is 1.33 bits per heavy atom. The predicted octanol–water partition coefficient (Wildman–Crippen LogP) is 1.70. The summed E-state index contributed by atoms with van der Waals surface area (Å²) >= 11 is 11.9. The SMILES string of the molecule is C#CCNNc1nc(-c2ccc(Cl)c(Cl)c2)n(C)c(=O)n1. The zero-order valence-electron chi connectivity index (χ0n) is 11.0. The maximum absolute atomic E-state index is 11.9. The number of aromatic nitrogens is 3.